The molecule has 0 radical (unpaired) electrons. The average Bonchev–Trinajstić information content (AvgIpc) is 3.05. The number of nitrogens with zero attached hydrogens (tertiary/aromatic N) is 1. The van der Waals surface area contributed by atoms with Gasteiger partial charge in [0, 0.05) is 32.2 Å². The van der Waals surface area contributed by atoms with Crippen LogP contribution in [0.1, 0.15) is 29.2 Å². The van der Waals surface area contributed by atoms with E-state index in [2.05, 4.69) is 17.3 Å². The van der Waals surface area contributed by atoms with Gasteiger partial charge in [-0.15, -0.1) is 0 Å². The SMILES string of the molecule is COc1ccc(CCC(=O)NCC(O)c2ccc3c(c2)CCN3C)cc1. The number of amides is 1. The number of benzene rings is 2. The topological polar surface area (TPSA) is 61.8 Å². The molecule has 0 saturated heterocycles. The normalized spacial score (nSPS) is 14.0. The van der Waals surface area contributed by atoms with Crippen LogP contribution in [0.4, 0.5) is 5.69 Å². The van der Waals surface area contributed by atoms with Gasteiger partial charge in [-0.25, -0.2) is 0 Å². The number of likely N-dealkylation sites (N-methyl/N-ethyl adjacent to an activating group) is 1. The van der Waals surface area contributed by atoms with Gasteiger partial charge in [-0.1, -0.05) is 24.3 Å². The van der Waals surface area contributed by atoms with Crippen LogP contribution in [0.25, 0.3) is 0 Å². The molecule has 26 heavy (non-hydrogen) atoms. The summed E-state index contributed by atoms with van der Waals surface area (Å²) in [6.07, 6.45) is 1.38. The standard InChI is InChI=1S/C21H26N2O3/c1-23-12-11-16-13-17(6-9-19(16)23)20(24)14-22-21(25)10-5-15-3-7-18(26-2)8-4-15/h3-4,6-9,13,20,24H,5,10-12,14H2,1-2H3,(H,22,25). The molecule has 2 aromatic carbocycles. The number of aliphatic hydroxyl groups excluding tert-OH is 1. The Labute approximate surface area is 154 Å². The van der Waals surface area contributed by atoms with Crippen LogP contribution < -0.4 is 15.0 Å². The van der Waals surface area contributed by atoms with Crippen molar-refractivity contribution in [2.75, 3.05) is 32.1 Å². The van der Waals surface area contributed by atoms with E-state index in [9.17, 15) is 9.90 Å². The molecule has 3 rings (SSSR count). The Bertz CT molecular complexity index is 758. The maximum absolute atomic E-state index is 12.1. The van der Waals surface area contributed by atoms with Crippen LogP contribution in [0, 0.1) is 0 Å². The second kappa shape index (κ2) is 8.23. The number of rotatable bonds is 7. The third-order valence-electron chi connectivity index (χ3n) is 4.91. The van der Waals surface area contributed by atoms with E-state index in [1.165, 1.54) is 11.3 Å². The fourth-order valence-corrected chi connectivity index (χ4v) is 3.26. The van der Waals surface area contributed by atoms with Crippen molar-refractivity contribution in [3.63, 3.8) is 0 Å². The van der Waals surface area contributed by atoms with E-state index in [1.807, 2.05) is 42.5 Å². The molecule has 0 spiro atoms. The molecular formula is C21H26N2O3. The van der Waals surface area contributed by atoms with Crippen molar-refractivity contribution in [2.45, 2.75) is 25.4 Å². The fourth-order valence-electron chi connectivity index (χ4n) is 3.26. The zero-order chi connectivity index (χ0) is 18.5. The molecule has 0 fully saturated rings. The maximum Gasteiger partial charge on any atom is 0.220 e. The van der Waals surface area contributed by atoms with Crippen molar-refractivity contribution in [3.05, 3.63) is 59.2 Å². The Morgan fingerprint density at radius 2 is 2.04 bits per heavy atom. The summed E-state index contributed by atoms with van der Waals surface area (Å²) in [6.45, 7) is 1.24. The van der Waals surface area contributed by atoms with E-state index in [1.54, 1.807) is 7.11 Å². The van der Waals surface area contributed by atoms with E-state index in [0.717, 1.165) is 29.8 Å². The molecule has 5 heteroatoms. The van der Waals surface area contributed by atoms with Gasteiger partial charge in [0.15, 0.2) is 0 Å². The molecule has 0 aromatic heterocycles. The van der Waals surface area contributed by atoms with Crippen LogP contribution in [-0.4, -0.2) is 38.3 Å². The summed E-state index contributed by atoms with van der Waals surface area (Å²) in [6, 6.07) is 13.7. The third-order valence-corrected chi connectivity index (χ3v) is 4.91. The lowest BCUT2D eigenvalue weighted by atomic mass is 10.0. The number of anilines is 1. The quantitative estimate of drug-likeness (QED) is 0.802. The van der Waals surface area contributed by atoms with Gasteiger partial charge in [0.25, 0.3) is 0 Å². The Balaban J connectivity index is 1.46. The summed E-state index contributed by atoms with van der Waals surface area (Å²) < 4.78 is 5.13. The number of aliphatic hydroxyl groups is 1. The number of ether oxygens (including phenoxy) is 1. The molecule has 0 bridgehead atoms. The number of hydrogen-bond donors (Lipinski definition) is 2. The zero-order valence-corrected chi connectivity index (χ0v) is 15.4. The van der Waals surface area contributed by atoms with Crippen LogP contribution in [0.2, 0.25) is 0 Å². The summed E-state index contributed by atoms with van der Waals surface area (Å²) in [5.74, 6) is 0.752. The molecule has 1 aliphatic heterocycles. The predicted molar refractivity (Wildman–Crippen MR) is 103 cm³/mol. The first kappa shape index (κ1) is 18.3. The van der Waals surface area contributed by atoms with Gasteiger partial charge in [-0.3, -0.25) is 4.79 Å². The number of methoxy groups -OCH3 is 1. The van der Waals surface area contributed by atoms with E-state index < -0.39 is 6.10 Å². The highest BCUT2D eigenvalue weighted by Gasteiger charge is 2.18. The van der Waals surface area contributed by atoms with E-state index in [-0.39, 0.29) is 12.5 Å². The monoisotopic (exact) mass is 354 g/mol. The molecule has 1 aliphatic rings. The number of fused-ring (bicyclic) bond motifs is 1. The summed E-state index contributed by atoms with van der Waals surface area (Å²) in [5, 5.41) is 13.2. The number of nitrogens with one attached hydrogen (secondary N) is 1. The van der Waals surface area contributed by atoms with Crippen molar-refractivity contribution >= 4 is 11.6 Å². The van der Waals surface area contributed by atoms with E-state index in [0.29, 0.717) is 12.8 Å². The van der Waals surface area contributed by atoms with Gasteiger partial charge in [-0.2, -0.15) is 0 Å². The van der Waals surface area contributed by atoms with Crippen molar-refractivity contribution < 1.29 is 14.6 Å². The highest BCUT2D eigenvalue weighted by Crippen LogP contribution is 2.29. The lowest BCUT2D eigenvalue weighted by Gasteiger charge is -2.15. The zero-order valence-electron chi connectivity index (χ0n) is 15.4. The molecule has 0 aliphatic carbocycles. The van der Waals surface area contributed by atoms with Gasteiger partial charge in [0.1, 0.15) is 5.75 Å². The number of aryl methyl sites for hydroxylation is 1. The van der Waals surface area contributed by atoms with Crippen molar-refractivity contribution in [2.24, 2.45) is 0 Å². The minimum Gasteiger partial charge on any atom is -0.497 e. The molecule has 1 heterocycles. The molecule has 5 nitrogen and oxygen atoms in total. The minimum atomic E-state index is -0.684. The molecular weight excluding hydrogens is 328 g/mol. The lowest BCUT2D eigenvalue weighted by Crippen LogP contribution is -2.28. The second-order valence-electron chi connectivity index (χ2n) is 6.73. The van der Waals surface area contributed by atoms with Gasteiger partial charge in [0.05, 0.1) is 13.2 Å². The Kier molecular flexibility index (Phi) is 5.78. The number of carbonyl (C=O) groups is 1. The summed E-state index contributed by atoms with van der Waals surface area (Å²) in [7, 11) is 3.71. The third kappa shape index (κ3) is 4.35. The first-order valence-corrected chi connectivity index (χ1v) is 8.98. The first-order valence-electron chi connectivity index (χ1n) is 8.98. The molecule has 2 N–H and O–H groups in total. The van der Waals surface area contributed by atoms with Crippen LogP contribution in [0.3, 0.4) is 0 Å². The number of carbonyl (C=O) groups excluding carboxylic acids is 1. The number of hydrogen-bond acceptors (Lipinski definition) is 4. The van der Waals surface area contributed by atoms with Crippen LogP contribution in [0.15, 0.2) is 42.5 Å². The minimum absolute atomic E-state index is 0.0549. The Morgan fingerprint density at radius 1 is 1.27 bits per heavy atom. The largest absolute Gasteiger partial charge is 0.497 e. The highest BCUT2D eigenvalue weighted by atomic mass is 16.5. The van der Waals surface area contributed by atoms with E-state index in [4.69, 9.17) is 4.74 Å². The van der Waals surface area contributed by atoms with Crippen molar-refractivity contribution in [1.82, 2.24) is 5.32 Å². The summed E-state index contributed by atoms with van der Waals surface area (Å²) in [5.41, 5.74) is 4.43. The van der Waals surface area contributed by atoms with Gasteiger partial charge >= 0.3 is 0 Å². The van der Waals surface area contributed by atoms with Crippen molar-refractivity contribution in [1.29, 1.82) is 0 Å². The molecule has 138 valence electrons. The van der Waals surface area contributed by atoms with E-state index >= 15 is 0 Å². The molecule has 1 atom stereocenters. The molecule has 1 unspecified atom stereocenters. The first-order chi connectivity index (χ1) is 12.6. The fraction of sp³-hybridized carbons (Fsp3) is 0.381. The van der Waals surface area contributed by atoms with Crippen molar-refractivity contribution in [3.8, 4) is 5.75 Å². The Morgan fingerprint density at radius 3 is 2.77 bits per heavy atom. The lowest BCUT2D eigenvalue weighted by molar-refractivity contribution is -0.121. The molecule has 0 saturated carbocycles. The van der Waals surface area contributed by atoms with Gasteiger partial charge in [-0.05, 0) is 47.7 Å². The van der Waals surface area contributed by atoms with Gasteiger partial charge in [0.2, 0.25) is 5.91 Å². The second-order valence-corrected chi connectivity index (χ2v) is 6.73. The molecule has 2 aromatic rings. The van der Waals surface area contributed by atoms with Crippen LogP contribution >= 0.6 is 0 Å². The molecule has 1 amide bonds. The van der Waals surface area contributed by atoms with Gasteiger partial charge < -0.3 is 20.1 Å². The summed E-state index contributed by atoms with van der Waals surface area (Å²) in [4.78, 5) is 14.3. The van der Waals surface area contributed by atoms with Crippen LogP contribution in [0.5, 0.6) is 5.75 Å². The average molecular weight is 354 g/mol. The maximum atomic E-state index is 12.1. The van der Waals surface area contributed by atoms with Crippen LogP contribution in [-0.2, 0) is 17.6 Å². The Hall–Kier alpha value is -2.53. The predicted octanol–water partition coefficient (Wildman–Crippen LogP) is 2.47. The smallest absolute Gasteiger partial charge is 0.220 e. The summed E-state index contributed by atoms with van der Waals surface area (Å²) >= 11 is 0. The highest BCUT2D eigenvalue weighted by molar-refractivity contribution is 5.76.